The molecule has 0 saturated heterocycles. The van der Waals surface area contributed by atoms with Crippen LogP contribution in [0.1, 0.15) is 30.0 Å². The molecule has 0 radical (unpaired) electrons. The topological polar surface area (TPSA) is 38.0 Å². The van der Waals surface area contributed by atoms with Crippen molar-refractivity contribution in [3.05, 3.63) is 45.7 Å². The molecule has 4 heteroatoms. The van der Waals surface area contributed by atoms with Gasteiger partial charge in [0.1, 0.15) is 0 Å². The molecule has 0 aliphatic carbocycles. The summed E-state index contributed by atoms with van der Waals surface area (Å²) in [5.41, 5.74) is 3.96. The molecule has 1 aromatic heterocycles. The van der Waals surface area contributed by atoms with Gasteiger partial charge in [-0.1, -0.05) is 6.07 Å². The van der Waals surface area contributed by atoms with Gasteiger partial charge >= 0.3 is 0 Å². The third-order valence-corrected chi connectivity index (χ3v) is 3.33. The zero-order valence-corrected chi connectivity index (χ0v) is 11.7. The number of hydrogen-bond donors (Lipinski definition) is 1. The van der Waals surface area contributed by atoms with E-state index in [2.05, 4.69) is 21.0 Å². The minimum atomic E-state index is -0.458. The molecule has 90 valence electrons. The quantitative estimate of drug-likeness (QED) is 0.923. The summed E-state index contributed by atoms with van der Waals surface area (Å²) in [4.78, 5) is 0. The lowest BCUT2D eigenvalue weighted by Gasteiger charge is -2.10. The second-order valence-corrected chi connectivity index (χ2v) is 5.08. The minimum absolute atomic E-state index is 0.458. The highest BCUT2D eigenvalue weighted by Crippen LogP contribution is 2.26. The zero-order valence-electron chi connectivity index (χ0n) is 10.1. The molecular formula is C13H15BrN2O. The van der Waals surface area contributed by atoms with Gasteiger partial charge in [-0.25, -0.2) is 4.68 Å². The van der Waals surface area contributed by atoms with Gasteiger partial charge in [-0.15, -0.1) is 0 Å². The molecule has 1 aromatic carbocycles. The van der Waals surface area contributed by atoms with E-state index >= 15 is 0 Å². The lowest BCUT2D eigenvalue weighted by Crippen LogP contribution is -2.01. The summed E-state index contributed by atoms with van der Waals surface area (Å²) in [6, 6.07) is 7.85. The average Bonchev–Trinajstić information content (AvgIpc) is 2.57. The van der Waals surface area contributed by atoms with Crippen LogP contribution in [0.25, 0.3) is 5.69 Å². The van der Waals surface area contributed by atoms with E-state index < -0.39 is 6.10 Å². The van der Waals surface area contributed by atoms with Crippen LogP contribution in [0.5, 0.6) is 0 Å². The fourth-order valence-corrected chi connectivity index (χ4v) is 2.39. The van der Waals surface area contributed by atoms with Crippen LogP contribution in [0, 0.1) is 13.8 Å². The predicted molar refractivity (Wildman–Crippen MR) is 71.4 cm³/mol. The number of aryl methyl sites for hydroxylation is 2. The number of aromatic nitrogens is 2. The van der Waals surface area contributed by atoms with E-state index in [1.54, 1.807) is 6.92 Å². The van der Waals surface area contributed by atoms with Crippen LogP contribution < -0.4 is 0 Å². The largest absolute Gasteiger partial charge is 0.389 e. The average molecular weight is 295 g/mol. The second kappa shape index (κ2) is 4.63. The number of hydrogen-bond acceptors (Lipinski definition) is 2. The summed E-state index contributed by atoms with van der Waals surface area (Å²) in [7, 11) is 0. The van der Waals surface area contributed by atoms with E-state index in [0.717, 1.165) is 27.1 Å². The Labute approximate surface area is 109 Å². The molecule has 0 aliphatic rings. The zero-order chi connectivity index (χ0) is 12.6. The maximum atomic E-state index is 9.53. The second-order valence-electron chi connectivity index (χ2n) is 4.23. The van der Waals surface area contributed by atoms with Crippen molar-refractivity contribution in [3.63, 3.8) is 0 Å². The lowest BCUT2D eigenvalue weighted by molar-refractivity contribution is 0.199. The highest BCUT2D eigenvalue weighted by Gasteiger charge is 2.09. The van der Waals surface area contributed by atoms with Crippen molar-refractivity contribution in [1.29, 1.82) is 0 Å². The molecule has 1 heterocycles. The number of benzene rings is 1. The number of nitrogens with zero attached hydrogens (tertiary/aromatic N) is 2. The third-order valence-electron chi connectivity index (χ3n) is 2.69. The maximum absolute atomic E-state index is 9.53. The van der Waals surface area contributed by atoms with Crippen LogP contribution in [0.2, 0.25) is 0 Å². The fourth-order valence-electron chi connectivity index (χ4n) is 1.83. The van der Waals surface area contributed by atoms with Crippen LogP contribution in [-0.4, -0.2) is 14.9 Å². The lowest BCUT2D eigenvalue weighted by atomic mass is 10.1. The summed E-state index contributed by atoms with van der Waals surface area (Å²) in [6.07, 6.45) is -0.458. The van der Waals surface area contributed by atoms with Crippen molar-refractivity contribution in [2.45, 2.75) is 26.9 Å². The van der Waals surface area contributed by atoms with E-state index in [1.165, 1.54) is 0 Å². The highest BCUT2D eigenvalue weighted by atomic mass is 79.9. The normalized spacial score (nSPS) is 12.8. The Morgan fingerprint density at radius 3 is 2.47 bits per heavy atom. The van der Waals surface area contributed by atoms with Gasteiger partial charge in [-0.3, -0.25) is 0 Å². The Balaban J connectivity index is 2.50. The van der Waals surface area contributed by atoms with Gasteiger partial charge in [0, 0.05) is 10.2 Å². The van der Waals surface area contributed by atoms with E-state index in [4.69, 9.17) is 0 Å². The van der Waals surface area contributed by atoms with Crippen LogP contribution in [0.15, 0.2) is 28.7 Å². The maximum Gasteiger partial charge on any atom is 0.0790 e. The van der Waals surface area contributed by atoms with Crippen molar-refractivity contribution >= 4 is 15.9 Å². The molecule has 2 rings (SSSR count). The molecule has 17 heavy (non-hydrogen) atoms. The number of halogens is 1. The van der Waals surface area contributed by atoms with E-state index in [0.29, 0.717) is 0 Å². The molecule has 3 nitrogen and oxygen atoms in total. The first-order chi connectivity index (χ1) is 7.99. The monoisotopic (exact) mass is 294 g/mol. The van der Waals surface area contributed by atoms with Gasteiger partial charge in [0.05, 0.1) is 17.5 Å². The van der Waals surface area contributed by atoms with Gasteiger partial charge in [0.15, 0.2) is 0 Å². The first-order valence-corrected chi connectivity index (χ1v) is 6.29. The number of aliphatic hydroxyl groups is 1. The van der Waals surface area contributed by atoms with E-state index in [-0.39, 0.29) is 0 Å². The Morgan fingerprint density at radius 1 is 1.29 bits per heavy atom. The third kappa shape index (κ3) is 2.42. The molecule has 2 aromatic rings. The smallest absolute Gasteiger partial charge is 0.0790 e. The summed E-state index contributed by atoms with van der Waals surface area (Å²) >= 11 is 3.52. The van der Waals surface area contributed by atoms with Crippen molar-refractivity contribution in [2.75, 3.05) is 0 Å². The molecule has 0 amide bonds. The Kier molecular flexibility index (Phi) is 3.35. The van der Waals surface area contributed by atoms with Gasteiger partial charge in [0.2, 0.25) is 0 Å². The number of rotatable bonds is 2. The minimum Gasteiger partial charge on any atom is -0.389 e. The molecule has 1 N–H and O–H groups in total. The van der Waals surface area contributed by atoms with Gasteiger partial charge in [-0.2, -0.15) is 5.10 Å². The highest BCUT2D eigenvalue weighted by molar-refractivity contribution is 9.10. The molecule has 1 atom stereocenters. The van der Waals surface area contributed by atoms with Crippen molar-refractivity contribution < 1.29 is 5.11 Å². The van der Waals surface area contributed by atoms with Crippen molar-refractivity contribution in [2.24, 2.45) is 0 Å². The molecule has 0 bridgehead atoms. The Bertz CT molecular complexity index is 546. The van der Waals surface area contributed by atoms with Crippen molar-refractivity contribution in [1.82, 2.24) is 9.78 Å². The SMILES string of the molecule is Cc1cc(C)n(-c2ccc(C(C)O)cc2Br)n1. The first-order valence-electron chi connectivity index (χ1n) is 5.50. The summed E-state index contributed by atoms with van der Waals surface area (Å²) in [6.45, 7) is 5.75. The van der Waals surface area contributed by atoms with Gasteiger partial charge < -0.3 is 5.11 Å². The van der Waals surface area contributed by atoms with Gasteiger partial charge in [-0.05, 0) is 60.5 Å². The summed E-state index contributed by atoms with van der Waals surface area (Å²) < 4.78 is 2.83. The van der Waals surface area contributed by atoms with Crippen LogP contribution in [-0.2, 0) is 0 Å². The van der Waals surface area contributed by atoms with Crippen LogP contribution in [0.3, 0.4) is 0 Å². The molecule has 0 spiro atoms. The van der Waals surface area contributed by atoms with E-state index in [1.807, 2.05) is 42.8 Å². The first kappa shape index (κ1) is 12.3. The molecular weight excluding hydrogens is 280 g/mol. The summed E-state index contributed by atoms with van der Waals surface area (Å²) in [5, 5.41) is 14.0. The Hall–Kier alpha value is -1.13. The molecule has 1 unspecified atom stereocenters. The van der Waals surface area contributed by atoms with Crippen LogP contribution >= 0.6 is 15.9 Å². The predicted octanol–water partition coefficient (Wildman–Crippen LogP) is 3.30. The molecule has 0 saturated carbocycles. The van der Waals surface area contributed by atoms with Crippen molar-refractivity contribution in [3.8, 4) is 5.69 Å². The fraction of sp³-hybridized carbons (Fsp3) is 0.308. The standard InChI is InChI=1S/C13H15BrN2O/c1-8-6-9(2)16(15-8)13-5-4-11(10(3)17)7-12(13)14/h4-7,10,17H,1-3H3. The molecule has 0 aliphatic heterocycles. The van der Waals surface area contributed by atoms with Crippen LogP contribution in [0.4, 0.5) is 0 Å². The number of aliphatic hydroxyl groups excluding tert-OH is 1. The Morgan fingerprint density at radius 2 is 2.00 bits per heavy atom. The summed E-state index contributed by atoms with van der Waals surface area (Å²) in [5.74, 6) is 0. The van der Waals surface area contributed by atoms with Gasteiger partial charge in [0.25, 0.3) is 0 Å². The molecule has 0 fully saturated rings. The van der Waals surface area contributed by atoms with E-state index in [9.17, 15) is 5.11 Å².